The minimum Gasteiger partial charge on any atom is -0.367 e. The SMILES string of the molecule is CCC1CC(CC)n2nc(-c3ccncc3)cc2N1. The normalized spacial score (nSPS) is 21.8. The van der Waals surface area contributed by atoms with Gasteiger partial charge in [-0.1, -0.05) is 13.8 Å². The smallest absolute Gasteiger partial charge is 0.125 e. The zero-order valence-corrected chi connectivity index (χ0v) is 11.5. The standard InChI is InChI=1S/C15H20N4/c1-3-12-9-13(4-2)19-15(17-12)10-14(18-19)11-5-7-16-8-6-11/h5-8,10,12-13,17H,3-4,9H2,1-2H3. The molecule has 0 saturated carbocycles. The van der Waals surface area contributed by atoms with Crippen LogP contribution >= 0.6 is 0 Å². The second-order valence-corrected chi connectivity index (χ2v) is 5.14. The number of hydrogen-bond donors (Lipinski definition) is 1. The Labute approximate surface area is 113 Å². The van der Waals surface area contributed by atoms with Crippen molar-refractivity contribution in [2.24, 2.45) is 0 Å². The molecule has 0 fully saturated rings. The molecule has 1 aliphatic heterocycles. The highest BCUT2D eigenvalue weighted by molar-refractivity contribution is 5.63. The van der Waals surface area contributed by atoms with Gasteiger partial charge in [0.05, 0.1) is 11.7 Å². The van der Waals surface area contributed by atoms with E-state index in [9.17, 15) is 0 Å². The van der Waals surface area contributed by atoms with Gasteiger partial charge >= 0.3 is 0 Å². The lowest BCUT2D eigenvalue weighted by Crippen LogP contribution is -2.31. The highest BCUT2D eigenvalue weighted by atomic mass is 15.4. The summed E-state index contributed by atoms with van der Waals surface area (Å²) in [7, 11) is 0. The highest BCUT2D eigenvalue weighted by Gasteiger charge is 2.25. The van der Waals surface area contributed by atoms with Crippen molar-refractivity contribution in [2.75, 3.05) is 5.32 Å². The zero-order valence-electron chi connectivity index (χ0n) is 11.5. The first-order valence-corrected chi connectivity index (χ1v) is 7.08. The van der Waals surface area contributed by atoms with E-state index in [4.69, 9.17) is 5.10 Å². The molecule has 3 rings (SSSR count). The Morgan fingerprint density at radius 2 is 2.05 bits per heavy atom. The van der Waals surface area contributed by atoms with Crippen molar-refractivity contribution in [3.8, 4) is 11.3 Å². The van der Waals surface area contributed by atoms with Gasteiger partial charge in [-0.2, -0.15) is 5.10 Å². The maximum Gasteiger partial charge on any atom is 0.125 e. The topological polar surface area (TPSA) is 42.7 Å². The van der Waals surface area contributed by atoms with Gasteiger partial charge in [-0.15, -0.1) is 0 Å². The second-order valence-electron chi connectivity index (χ2n) is 5.14. The van der Waals surface area contributed by atoms with Crippen molar-refractivity contribution >= 4 is 5.82 Å². The largest absolute Gasteiger partial charge is 0.367 e. The number of nitrogens with zero attached hydrogens (tertiary/aromatic N) is 3. The summed E-state index contributed by atoms with van der Waals surface area (Å²) < 4.78 is 2.15. The Kier molecular flexibility index (Phi) is 3.23. The molecule has 19 heavy (non-hydrogen) atoms. The summed E-state index contributed by atoms with van der Waals surface area (Å²) in [5.74, 6) is 1.15. The molecule has 0 aliphatic carbocycles. The van der Waals surface area contributed by atoms with Gasteiger partial charge in [-0.05, 0) is 31.4 Å². The van der Waals surface area contributed by atoms with E-state index in [1.807, 2.05) is 24.5 Å². The van der Waals surface area contributed by atoms with Crippen LogP contribution in [0, 0.1) is 0 Å². The maximum atomic E-state index is 4.77. The third-order valence-corrected chi connectivity index (χ3v) is 3.93. The van der Waals surface area contributed by atoms with Crippen LogP contribution in [0.2, 0.25) is 0 Å². The van der Waals surface area contributed by atoms with E-state index in [0.29, 0.717) is 12.1 Å². The molecule has 3 heterocycles. The molecule has 2 unspecified atom stereocenters. The van der Waals surface area contributed by atoms with Gasteiger partial charge in [0, 0.05) is 30.1 Å². The molecule has 2 aromatic rings. The molecule has 2 aromatic heterocycles. The minimum absolute atomic E-state index is 0.511. The number of anilines is 1. The van der Waals surface area contributed by atoms with E-state index >= 15 is 0 Å². The molecule has 0 spiro atoms. The van der Waals surface area contributed by atoms with Crippen LogP contribution in [-0.4, -0.2) is 20.8 Å². The van der Waals surface area contributed by atoms with Gasteiger partial charge < -0.3 is 5.32 Å². The van der Waals surface area contributed by atoms with Crippen molar-refractivity contribution < 1.29 is 0 Å². The van der Waals surface area contributed by atoms with E-state index < -0.39 is 0 Å². The van der Waals surface area contributed by atoms with Crippen LogP contribution in [0.3, 0.4) is 0 Å². The summed E-state index contributed by atoms with van der Waals surface area (Å²) in [6.45, 7) is 4.47. The third-order valence-electron chi connectivity index (χ3n) is 3.93. The first-order valence-electron chi connectivity index (χ1n) is 7.08. The van der Waals surface area contributed by atoms with Crippen LogP contribution in [0.25, 0.3) is 11.3 Å². The Hall–Kier alpha value is -1.84. The van der Waals surface area contributed by atoms with Crippen LogP contribution in [0.4, 0.5) is 5.82 Å². The Bertz CT molecular complexity index is 547. The summed E-state index contributed by atoms with van der Waals surface area (Å²) >= 11 is 0. The first-order chi connectivity index (χ1) is 9.31. The molecule has 4 nitrogen and oxygen atoms in total. The number of nitrogens with one attached hydrogen (secondary N) is 1. The lowest BCUT2D eigenvalue weighted by molar-refractivity contribution is 0.363. The molecule has 0 radical (unpaired) electrons. The van der Waals surface area contributed by atoms with Crippen LogP contribution in [0.1, 0.15) is 39.2 Å². The van der Waals surface area contributed by atoms with E-state index in [1.54, 1.807) is 0 Å². The number of aromatic nitrogens is 3. The van der Waals surface area contributed by atoms with E-state index in [1.165, 1.54) is 0 Å². The van der Waals surface area contributed by atoms with Gasteiger partial charge in [0.1, 0.15) is 5.82 Å². The highest BCUT2D eigenvalue weighted by Crippen LogP contribution is 2.33. The van der Waals surface area contributed by atoms with E-state index in [-0.39, 0.29) is 0 Å². The van der Waals surface area contributed by atoms with Gasteiger partial charge in [0.2, 0.25) is 0 Å². The van der Waals surface area contributed by atoms with Gasteiger partial charge in [0.15, 0.2) is 0 Å². The predicted molar refractivity (Wildman–Crippen MR) is 77.1 cm³/mol. The first kappa shape index (κ1) is 12.2. The molecule has 4 heteroatoms. The summed E-state index contributed by atoms with van der Waals surface area (Å²) in [5.41, 5.74) is 2.15. The van der Waals surface area contributed by atoms with Crippen molar-refractivity contribution in [3.05, 3.63) is 30.6 Å². The van der Waals surface area contributed by atoms with Crippen molar-refractivity contribution in [1.82, 2.24) is 14.8 Å². The second kappa shape index (κ2) is 5.03. The minimum atomic E-state index is 0.511. The maximum absolute atomic E-state index is 4.77. The average molecular weight is 256 g/mol. The van der Waals surface area contributed by atoms with Crippen LogP contribution in [0.5, 0.6) is 0 Å². The molecule has 0 saturated heterocycles. The van der Waals surface area contributed by atoms with Crippen molar-refractivity contribution in [1.29, 1.82) is 0 Å². The molecule has 1 aliphatic rings. The zero-order chi connectivity index (χ0) is 13.2. The fourth-order valence-electron chi connectivity index (χ4n) is 2.75. The Morgan fingerprint density at radius 3 is 2.74 bits per heavy atom. The van der Waals surface area contributed by atoms with Crippen LogP contribution in [-0.2, 0) is 0 Å². The molecular weight excluding hydrogens is 236 g/mol. The molecule has 1 N–H and O–H groups in total. The number of fused-ring (bicyclic) bond motifs is 1. The number of pyridine rings is 1. The molecule has 100 valence electrons. The van der Waals surface area contributed by atoms with E-state index in [0.717, 1.165) is 36.3 Å². The fourth-order valence-corrected chi connectivity index (χ4v) is 2.75. The predicted octanol–water partition coefficient (Wildman–Crippen LogP) is 3.49. The average Bonchev–Trinajstić information content (AvgIpc) is 2.91. The lowest BCUT2D eigenvalue weighted by atomic mass is 10.0. The fraction of sp³-hybridized carbons (Fsp3) is 0.467. The molecule has 2 atom stereocenters. The third kappa shape index (κ3) is 2.23. The Morgan fingerprint density at radius 1 is 1.26 bits per heavy atom. The summed E-state index contributed by atoms with van der Waals surface area (Å²) in [5, 5.41) is 8.35. The van der Waals surface area contributed by atoms with Crippen molar-refractivity contribution in [3.63, 3.8) is 0 Å². The summed E-state index contributed by atoms with van der Waals surface area (Å²) in [6, 6.07) is 7.25. The molecule has 0 bridgehead atoms. The molecule has 0 aromatic carbocycles. The monoisotopic (exact) mass is 256 g/mol. The Balaban J connectivity index is 1.98. The quantitative estimate of drug-likeness (QED) is 0.914. The lowest BCUT2D eigenvalue weighted by Gasteiger charge is -2.31. The van der Waals surface area contributed by atoms with Gasteiger partial charge in [-0.3, -0.25) is 4.98 Å². The van der Waals surface area contributed by atoms with Gasteiger partial charge in [-0.25, -0.2) is 4.68 Å². The molecule has 0 amide bonds. The number of rotatable bonds is 3. The summed E-state index contributed by atoms with van der Waals surface area (Å²) in [4.78, 5) is 4.06. The number of hydrogen-bond acceptors (Lipinski definition) is 3. The van der Waals surface area contributed by atoms with Gasteiger partial charge in [0.25, 0.3) is 0 Å². The van der Waals surface area contributed by atoms with Crippen LogP contribution < -0.4 is 5.32 Å². The molecular formula is C15H20N4. The van der Waals surface area contributed by atoms with Crippen molar-refractivity contribution in [2.45, 2.75) is 45.2 Å². The van der Waals surface area contributed by atoms with Crippen LogP contribution in [0.15, 0.2) is 30.6 Å². The van der Waals surface area contributed by atoms with E-state index in [2.05, 4.69) is 34.9 Å². The summed E-state index contributed by atoms with van der Waals surface area (Å²) in [6.07, 6.45) is 7.08.